The SMILES string of the molecule is Fc1c(F)c(F)c(-c2c3ccccc3c(-c3ccc4ccc5cccc6ccc3c4c56)c3ccccc23)c(F)c1F. The van der Waals surface area contributed by atoms with Gasteiger partial charge in [0.1, 0.15) is 0 Å². The van der Waals surface area contributed by atoms with Gasteiger partial charge in [0.2, 0.25) is 5.82 Å². The van der Waals surface area contributed by atoms with Crippen LogP contribution in [0.1, 0.15) is 0 Å². The Kier molecular flexibility index (Phi) is 4.93. The Hall–Kier alpha value is -5.03. The number of benzene rings is 8. The van der Waals surface area contributed by atoms with Gasteiger partial charge in [-0.15, -0.1) is 0 Å². The molecule has 196 valence electrons. The zero-order chi connectivity index (χ0) is 28.0. The lowest BCUT2D eigenvalue weighted by Crippen LogP contribution is -2.05. The monoisotopic (exact) mass is 544 g/mol. The molecular weight excluding hydrogens is 527 g/mol. The van der Waals surface area contributed by atoms with E-state index in [2.05, 4.69) is 42.5 Å². The van der Waals surface area contributed by atoms with Crippen LogP contribution < -0.4 is 0 Å². The molecule has 8 aromatic rings. The lowest BCUT2D eigenvalue weighted by atomic mass is 9.83. The highest BCUT2D eigenvalue weighted by atomic mass is 19.2. The smallest absolute Gasteiger partial charge is 0.200 e. The Morgan fingerprint density at radius 2 is 0.732 bits per heavy atom. The minimum Gasteiger partial charge on any atom is -0.203 e. The minimum atomic E-state index is -2.18. The predicted molar refractivity (Wildman–Crippen MR) is 156 cm³/mol. The molecule has 0 saturated carbocycles. The number of rotatable bonds is 2. The summed E-state index contributed by atoms with van der Waals surface area (Å²) < 4.78 is 73.5. The second-order valence-electron chi connectivity index (χ2n) is 10.3. The van der Waals surface area contributed by atoms with Crippen molar-refractivity contribution < 1.29 is 22.0 Å². The molecule has 0 aliphatic carbocycles. The Morgan fingerprint density at radius 3 is 1.29 bits per heavy atom. The van der Waals surface area contributed by atoms with Crippen LogP contribution in [0.5, 0.6) is 0 Å². The van der Waals surface area contributed by atoms with E-state index in [9.17, 15) is 13.2 Å². The molecule has 0 aromatic heterocycles. The molecule has 0 radical (unpaired) electrons. The molecule has 0 fully saturated rings. The van der Waals surface area contributed by atoms with E-state index in [-0.39, 0.29) is 5.56 Å². The van der Waals surface area contributed by atoms with Gasteiger partial charge in [0.05, 0.1) is 5.56 Å². The number of fused-ring (bicyclic) bond motifs is 2. The zero-order valence-electron chi connectivity index (χ0n) is 21.2. The zero-order valence-corrected chi connectivity index (χ0v) is 21.2. The summed E-state index contributed by atoms with van der Waals surface area (Å²) in [6.07, 6.45) is 0. The van der Waals surface area contributed by atoms with E-state index in [1.807, 2.05) is 24.3 Å². The van der Waals surface area contributed by atoms with E-state index < -0.39 is 34.6 Å². The fourth-order valence-electron chi connectivity index (χ4n) is 6.47. The maximum Gasteiger partial charge on any atom is 0.200 e. The van der Waals surface area contributed by atoms with Crippen molar-refractivity contribution in [3.63, 3.8) is 0 Å². The van der Waals surface area contributed by atoms with Crippen LogP contribution in [0.3, 0.4) is 0 Å². The standard InChI is InChI=1S/C36H17F5/c37-32-31(33(38)35(40)36(41)34(32)39)30-23-10-3-1-8-21(23)29(22-9-2-4-11-24(22)30)26-17-15-20-13-12-18-6-5-7-19-14-16-25(26)28(20)27(18)19/h1-17H. The first-order valence-corrected chi connectivity index (χ1v) is 13.1. The molecule has 0 nitrogen and oxygen atoms in total. The molecule has 0 saturated heterocycles. The van der Waals surface area contributed by atoms with Crippen molar-refractivity contribution in [1.29, 1.82) is 0 Å². The van der Waals surface area contributed by atoms with Gasteiger partial charge in [-0.05, 0) is 65.0 Å². The van der Waals surface area contributed by atoms with Gasteiger partial charge >= 0.3 is 0 Å². The molecule has 0 bridgehead atoms. The van der Waals surface area contributed by atoms with Crippen LogP contribution in [0.2, 0.25) is 0 Å². The third-order valence-electron chi connectivity index (χ3n) is 8.19. The molecule has 0 atom stereocenters. The van der Waals surface area contributed by atoms with Gasteiger partial charge in [0.15, 0.2) is 23.3 Å². The van der Waals surface area contributed by atoms with E-state index in [1.165, 1.54) is 0 Å². The molecule has 41 heavy (non-hydrogen) atoms. The van der Waals surface area contributed by atoms with Gasteiger partial charge < -0.3 is 0 Å². The molecule has 0 heterocycles. The molecule has 0 amide bonds. The topological polar surface area (TPSA) is 0 Å². The molecular formula is C36H17F5. The van der Waals surface area contributed by atoms with Gasteiger partial charge in [-0.3, -0.25) is 0 Å². The Bertz CT molecular complexity index is 2270. The first-order chi connectivity index (χ1) is 20.0. The van der Waals surface area contributed by atoms with Gasteiger partial charge in [-0.1, -0.05) is 103 Å². The van der Waals surface area contributed by atoms with E-state index in [1.54, 1.807) is 36.4 Å². The van der Waals surface area contributed by atoms with Gasteiger partial charge in [-0.2, -0.15) is 0 Å². The summed E-state index contributed by atoms with van der Waals surface area (Å²) in [5, 5.41) is 8.63. The fourth-order valence-corrected chi connectivity index (χ4v) is 6.47. The Morgan fingerprint density at radius 1 is 0.293 bits per heavy atom. The summed E-state index contributed by atoms with van der Waals surface area (Å²) in [7, 11) is 0. The lowest BCUT2D eigenvalue weighted by Gasteiger charge is -2.20. The fraction of sp³-hybridized carbons (Fsp3) is 0. The van der Waals surface area contributed by atoms with Crippen LogP contribution in [0, 0.1) is 29.1 Å². The quantitative estimate of drug-likeness (QED) is 0.0668. The van der Waals surface area contributed by atoms with Gasteiger partial charge in [0.25, 0.3) is 0 Å². The second kappa shape index (κ2) is 8.48. The molecule has 5 heteroatoms. The third-order valence-corrected chi connectivity index (χ3v) is 8.19. The van der Waals surface area contributed by atoms with Crippen molar-refractivity contribution in [3.8, 4) is 22.3 Å². The van der Waals surface area contributed by atoms with Crippen LogP contribution in [0.25, 0.3) is 76.1 Å². The average Bonchev–Trinajstić information content (AvgIpc) is 3.01. The highest BCUT2D eigenvalue weighted by Gasteiger charge is 2.29. The van der Waals surface area contributed by atoms with Crippen LogP contribution in [0.15, 0.2) is 103 Å². The van der Waals surface area contributed by atoms with Crippen molar-refractivity contribution in [1.82, 2.24) is 0 Å². The highest BCUT2D eigenvalue weighted by molar-refractivity contribution is 6.29. The summed E-state index contributed by atoms with van der Waals surface area (Å²) in [5.74, 6) is -9.83. The van der Waals surface area contributed by atoms with Gasteiger partial charge in [-0.25, -0.2) is 22.0 Å². The first kappa shape index (κ1) is 23.8. The maximum absolute atomic E-state index is 15.3. The summed E-state index contributed by atoms with van der Waals surface area (Å²) in [6.45, 7) is 0. The summed E-state index contributed by atoms with van der Waals surface area (Å²) in [4.78, 5) is 0. The number of hydrogen-bond acceptors (Lipinski definition) is 0. The summed E-state index contributed by atoms with van der Waals surface area (Å²) in [5.41, 5.74) is 0.759. The molecule has 0 aliphatic heterocycles. The molecule has 8 aromatic carbocycles. The Balaban J connectivity index is 1.58. The number of hydrogen-bond donors (Lipinski definition) is 0. The highest BCUT2D eigenvalue weighted by Crippen LogP contribution is 2.48. The Labute approximate surface area is 230 Å². The lowest BCUT2D eigenvalue weighted by molar-refractivity contribution is 0.381. The molecule has 8 rings (SSSR count). The minimum absolute atomic E-state index is 0.0366. The van der Waals surface area contributed by atoms with E-state index in [0.717, 1.165) is 43.4 Å². The van der Waals surface area contributed by atoms with Crippen molar-refractivity contribution in [2.45, 2.75) is 0 Å². The van der Waals surface area contributed by atoms with Crippen LogP contribution in [0.4, 0.5) is 22.0 Å². The largest absolute Gasteiger partial charge is 0.203 e. The summed E-state index contributed by atoms with van der Waals surface area (Å²) >= 11 is 0. The van der Waals surface area contributed by atoms with E-state index in [0.29, 0.717) is 21.5 Å². The van der Waals surface area contributed by atoms with Crippen molar-refractivity contribution >= 4 is 53.9 Å². The third kappa shape index (κ3) is 3.14. The van der Waals surface area contributed by atoms with E-state index >= 15 is 8.78 Å². The molecule has 0 unspecified atom stereocenters. The predicted octanol–water partition coefficient (Wildman–Crippen LogP) is 10.9. The van der Waals surface area contributed by atoms with Crippen LogP contribution in [-0.2, 0) is 0 Å². The van der Waals surface area contributed by atoms with Crippen molar-refractivity contribution in [3.05, 3.63) is 132 Å². The molecule has 0 N–H and O–H groups in total. The number of halogens is 5. The first-order valence-electron chi connectivity index (χ1n) is 13.1. The summed E-state index contributed by atoms with van der Waals surface area (Å²) in [6, 6.07) is 32.6. The second-order valence-corrected chi connectivity index (χ2v) is 10.3. The normalized spacial score (nSPS) is 12.0. The van der Waals surface area contributed by atoms with Crippen molar-refractivity contribution in [2.75, 3.05) is 0 Å². The van der Waals surface area contributed by atoms with Crippen LogP contribution in [-0.4, -0.2) is 0 Å². The van der Waals surface area contributed by atoms with E-state index in [4.69, 9.17) is 0 Å². The van der Waals surface area contributed by atoms with Gasteiger partial charge in [0, 0.05) is 5.56 Å². The molecule has 0 spiro atoms. The van der Waals surface area contributed by atoms with Crippen LogP contribution >= 0.6 is 0 Å². The average molecular weight is 545 g/mol. The van der Waals surface area contributed by atoms with Crippen molar-refractivity contribution in [2.24, 2.45) is 0 Å². The maximum atomic E-state index is 15.3. The molecule has 0 aliphatic rings.